The summed E-state index contributed by atoms with van der Waals surface area (Å²) in [4.78, 5) is 25.7. The van der Waals surface area contributed by atoms with Gasteiger partial charge in [-0.15, -0.1) is 11.3 Å². The number of carboxylic acid groups (broad SMARTS) is 1. The summed E-state index contributed by atoms with van der Waals surface area (Å²) >= 11 is 1.15. The van der Waals surface area contributed by atoms with Crippen molar-refractivity contribution < 1.29 is 29.3 Å². The van der Waals surface area contributed by atoms with E-state index in [9.17, 15) is 9.59 Å². The normalized spacial score (nSPS) is 11.9. The lowest BCUT2D eigenvalue weighted by Crippen LogP contribution is -2.21. The number of carbonyl (C=O) groups excluding carboxylic acids is 1. The lowest BCUT2D eigenvalue weighted by Gasteiger charge is -2.18. The maximum Gasteiger partial charge on any atom is 0.394 e. The zero-order valence-electron chi connectivity index (χ0n) is 13.1. The highest BCUT2D eigenvalue weighted by atomic mass is 32.1. The SMILES string of the molecule is NCCO.O=C(O)C(=O)Nc1nc(-c2ccc3c(c2)OCCO3)cs1. The fourth-order valence-corrected chi connectivity index (χ4v) is 2.53. The van der Waals surface area contributed by atoms with Gasteiger partial charge in [0.05, 0.1) is 12.3 Å². The highest BCUT2D eigenvalue weighted by molar-refractivity contribution is 7.14. The molecule has 1 aromatic heterocycles. The molecule has 0 spiro atoms. The standard InChI is InChI=1S/C13H10N2O5S.C2H7NO/c16-11(12(17)18)15-13-14-8(6-21-13)7-1-2-9-10(5-7)20-4-3-19-9;3-1-2-4/h1-2,5-6H,3-4H2,(H,17,18)(H,14,15,16);4H,1-3H2. The van der Waals surface area contributed by atoms with Crippen molar-refractivity contribution in [2.24, 2.45) is 5.73 Å². The van der Waals surface area contributed by atoms with Gasteiger partial charge in [-0.05, 0) is 18.2 Å². The van der Waals surface area contributed by atoms with Gasteiger partial charge >= 0.3 is 11.9 Å². The first-order chi connectivity index (χ1) is 12.0. The van der Waals surface area contributed by atoms with Crippen molar-refractivity contribution in [1.82, 2.24) is 4.98 Å². The number of aliphatic carboxylic acids is 1. The molecule has 0 fully saturated rings. The number of ether oxygens (including phenoxy) is 2. The Kier molecular flexibility index (Phi) is 6.69. The molecule has 1 aromatic carbocycles. The summed E-state index contributed by atoms with van der Waals surface area (Å²) in [5, 5.41) is 20.4. The summed E-state index contributed by atoms with van der Waals surface area (Å²) in [6.45, 7) is 1.49. The summed E-state index contributed by atoms with van der Waals surface area (Å²) in [5.41, 5.74) is 6.20. The lowest BCUT2D eigenvalue weighted by atomic mass is 10.1. The molecule has 0 radical (unpaired) electrons. The Bertz CT molecular complexity index is 747. The summed E-state index contributed by atoms with van der Waals surface area (Å²) in [7, 11) is 0. The Balaban J connectivity index is 0.000000511. The van der Waals surface area contributed by atoms with E-state index >= 15 is 0 Å². The number of aromatic nitrogens is 1. The molecule has 1 aliphatic heterocycles. The first-order valence-electron chi connectivity index (χ1n) is 7.26. The van der Waals surface area contributed by atoms with Crippen LogP contribution in [-0.2, 0) is 9.59 Å². The molecule has 25 heavy (non-hydrogen) atoms. The number of carbonyl (C=O) groups is 2. The van der Waals surface area contributed by atoms with E-state index in [1.54, 1.807) is 17.5 Å². The maximum atomic E-state index is 11.1. The van der Waals surface area contributed by atoms with Crippen molar-refractivity contribution in [1.29, 1.82) is 0 Å². The van der Waals surface area contributed by atoms with Gasteiger partial charge in [-0.3, -0.25) is 10.1 Å². The predicted octanol–water partition coefficient (Wildman–Crippen LogP) is 0.542. The molecule has 0 saturated carbocycles. The van der Waals surface area contributed by atoms with Crippen molar-refractivity contribution >= 4 is 28.3 Å². The Hall–Kier alpha value is -2.69. The van der Waals surface area contributed by atoms with Crippen molar-refractivity contribution in [3.05, 3.63) is 23.6 Å². The molecule has 2 aromatic rings. The number of benzene rings is 1. The van der Waals surface area contributed by atoms with E-state index in [1.165, 1.54) is 0 Å². The quantitative estimate of drug-likeness (QED) is 0.576. The molecular weight excluding hydrogens is 350 g/mol. The molecule has 0 bridgehead atoms. The minimum absolute atomic E-state index is 0.0972. The van der Waals surface area contributed by atoms with E-state index in [0.29, 0.717) is 37.0 Å². The molecule has 0 aliphatic carbocycles. The van der Waals surface area contributed by atoms with Crippen molar-refractivity contribution in [2.75, 3.05) is 31.7 Å². The van der Waals surface area contributed by atoms with E-state index < -0.39 is 11.9 Å². The number of nitrogens with zero attached hydrogens (tertiary/aromatic N) is 1. The molecule has 134 valence electrons. The van der Waals surface area contributed by atoms with E-state index in [4.69, 9.17) is 25.4 Å². The van der Waals surface area contributed by atoms with Crippen LogP contribution in [0.3, 0.4) is 0 Å². The van der Waals surface area contributed by atoms with Gasteiger partial charge in [-0.1, -0.05) is 0 Å². The number of thiazole rings is 1. The molecule has 0 saturated heterocycles. The highest BCUT2D eigenvalue weighted by Crippen LogP contribution is 2.35. The van der Waals surface area contributed by atoms with Gasteiger partial charge in [0, 0.05) is 17.5 Å². The van der Waals surface area contributed by atoms with E-state index in [1.807, 2.05) is 6.07 Å². The van der Waals surface area contributed by atoms with Crippen LogP contribution in [0.15, 0.2) is 23.6 Å². The molecule has 3 rings (SSSR count). The number of hydrogen-bond acceptors (Lipinski definition) is 8. The molecule has 9 nitrogen and oxygen atoms in total. The molecule has 5 N–H and O–H groups in total. The second-order valence-electron chi connectivity index (χ2n) is 4.67. The minimum Gasteiger partial charge on any atom is -0.486 e. The van der Waals surface area contributed by atoms with E-state index in [0.717, 1.165) is 16.9 Å². The van der Waals surface area contributed by atoms with Crippen LogP contribution in [0.25, 0.3) is 11.3 Å². The van der Waals surface area contributed by atoms with Crippen LogP contribution in [0, 0.1) is 0 Å². The number of nitrogens with one attached hydrogen (secondary N) is 1. The first-order valence-corrected chi connectivity index (χ1v) is 8.14. The van der Waals surface area contributed by atoms with Gasteiger partial charge in [-0.2, -0.15) is 0 Å². The van der Waals surface area contributed by atoms with Gasteiger partial charge < -0.3 is 25.4 Å². The van der Waals surface area contributed by atoms with Crippen LogP contribution >= 0.6 is 11.3 Å². The van der Waals surface area contributed by atoms with Crippen LogP contribution in [-0.4, -0.2) is 53.4 Å². The topological polar surface area (TPSA) is 144 Å². The van der Waals surface area contributed by atoms with E-state index in [2.05, 4.69) is 10.3 Å². The van der Waals surface area contributed by atoms with Gasteiger partial charge in [0.25, 0.3) is 0 Å². The summed E-state index contributed by atoms with van der Waals surface area (Å²) < 4.78 is 10.9. The smallest absolute Gasteiger partial charge is 0.394 e. The number of aliphatic hydroxyl groups is 1. The molecular formula is C15H17N3O6S. The van der Waals surface area contributed by atoms with Crippen LogP contribution in [0.4, 0.5) is 5.13 Å². The number of amides is 1. The number of nitrogens with two attached hydrogens (primary N) is 1. The van der Waals surface area contributed by atoms with Gasteiger partial charge in [0.15, 0.2) is 16.6 Å². The average Bonchev–Trinajstić information content (AvgIpc) is 3.10. The largest absolute Gasteiger partial charge is 0.486 e. The average molecular weight is 367 g/mol. The summed E-state index contributed by atoms with van der Waals surface area (Å²) in [5.74, 6) is -1.34. The van der Waals surface area contributed by atoms with Crippen LogP contribution in [0.1, 0.15) is 0 Å². The van der Waals surface area contributed by atoms with Crippen molar-refractivity contribution in [3.63, 3.8) is 0 Å². The lowest BCUT2D eigenvalue weighted by molar-refractivity contribution is -0.147. The molecule has 2 heterocycles. The number of hydrogen-bond donors (Lipinski definition) is 4. The van der Waals surface area contributed by atoms with Crippen LogP contribution in [0.2, 0.25) is 0 Å². The number of carboxylic acids is 1. The predicted molar refractivity (Wildman–Crippen MR) is 90.9 cm³/mol. The molecule has 1 amide bonds. The highest BCUT2D eigenvalue weighted by Gasteiger charge is 2.16. The third-order valence-electron chi connectivity index (χ3n) is 2.89. The zero-order valence-corrected chi connectivity index (χ0v) is 13.9. The Morgan fingerprint density at radius 2 is 1.96 bits per heavy atom. The van der Waals surface area contributed by atoms with E-state index in [-0.39, 0.29) is 11.7 Å². The second-order valence-corrected chi connectivity index (χ2v) is 5.53. The van der Waals surface area contributed by atoms with Gasteiger partial charge in [-0.25, -0.2) is 9.78 Å². The fraction of sp³-hybridized carbons (Fsp3) is 0.267. The summed E-state index contributed by atoms with van der Waals surface area (Å²) in [6.07, 6.45) is 0. The molecule has 10 heteroatoms. The summed E-state index contributed by atoms with van der Waals surface area (Å²) in [6, 6.07) is 5.41. The Morgan fingerprint density at radius 1 is 1.28 bits per heavy atom. The van der Waals surface area contributed by atoms with Crippen LogP contribution in [0.5, 0.6) is 11.5 Å². The van der Waals surface area contributed by atoms with Crippen molar-refractivity contribution in [3.8, 4) is 22.8 Å². The van der Waals surface area contributed by atoms with Crippen LogP contribution < -0.4 is 20.5 Å². The zero-order chi connectivity index (χ0) is 18.2. The minimum atomic E-state index is -1.55. The maximum absolute atomic E-state index is 11.1. The Morgan fingerprint density at radius 3 is 2.60 bits per heavy atom. The number of rotatable bonds is 3. The second kappa shape index (κ2) is 8.97. The number of fused-ring (bicyclic) bond motifs is 1. The first kappa shape index (κ1) is 18.6. The monoisotopic (exact) mass is 367 g/mol. The van der Waals surface area contributed by atoms with Crippen molar-refractivity contribution in [2.45, 2.75) is 0 Å². The van der Waals surface area contributed by atoms with Gasteiger partial charge in [0.2, 0.25) is 0 Å². The third-order valence-corrected chi connectivity index (χ3v) is 3.64. The third kappa shape index (κ3) is 5.14. The van der Waals surface area contributed by atoms with Gasteiger partial charge in [0.1, 0.15) is 13.2 Å². The number of aliphatic hydroxyl groups excluding tert-OH is 1. The Labute approximate surface area is 147 Å². The molecule has 0 unspecified atom stereocenters. The number of anilines is 1. The fourth-order valence-electron chi connectivity index (χ4n) is 1.82. The molecule has 1 aliphatic rings. The molecule has 0 atom stereocenters.